The Bertz CT molecular complexity index is 398. The SMILES string of the molecule is CCCCCCCCOC(=O)CCC(=O)OS(=O)(=O)O.[Na].[Na]. The van der Waals surface area contributed by atoms with E-state index in [0.717, 1.165) is 19.3 Å². The monoisotopic (exact) mass is 356 g/mol. The summed E-state index contributed by atoms with van der Waals surface area (Å²) in [5, 5.41) is 0. The van der Waals surface area contributed by atoms with Gasteiger partial charge in [0.15, 0.2) is 0 Å². The quantitative estimate of drug-likeness (QED) is 0.257. The van der Waals surface area contributed by atoms with Crippen LogP contribution in [0.25, 0.3) is 0 Å². The van der Waals surface area contributed by atoms with Crippen LogP contribution in [-0.4, -0.2) is 90.6 Å². The normalized spacial score (nSPS) is 10.1. The zero-order chi connectivity index (χ0) is 15.4. The molecule has 7 nitrogen and oxygen atoms in total. The summed E-state index contributed by atoms with van der Waals surface area (Å²) in [6.45, 7) is 2.42. The van der Waals surface area contributed by atoms with Gasteiger partial charge in [0, 0.05) is 59.1 Å². The Morgan fingerprint density at radius 3 is 1.95 bits per heavy atom. The average Bonchev–Trinajstić information content (AvgIpc) is 2.33. The van der Waals surface area contributed by atoms with E-state index >= 15 is 0 Å². The number of unbranched alkanes of at least 4 members (excludes halogenated alkanes) is 5. The smallest absolute Gasteiger partial charge is 0.448 e. The minimum atomic E-state index is -4.80. The number of rotatable bonds is 11. The first-order valence-electron chi connectivity index (χ1n) is 6.70. The molecule has 0 aromatic heterocycles. The Morgan fingerprint density at radius 1 is 0.909 bits per heavy atom. The third-order valence-corrected chi connectivity index (χ3v) is 2.89. The van der Waals surface area contributed by atoms with E-state index in [1.165, 1.54) is 19.3 Å². The first-order valence-corrected chi connectivity index (χ1v) is 8.07. The largest absolute Gasteiger partial charge is 0.466 e. The van der Waals surface area contributed by atoms with Gasteiger partial charge in [-0.25, -0.2) is 0 Å². The van der Waals surface area contributed by atoms with Gasteiger partial charge in [-0.2, -0.15) is 8.42 Å². The summed E-state index contributed by atoms with van der Waals surface area (Å²) < 4.78 is 37.2. The molecule has 22 heavy (non-hydrogen) atoms. The molecule has 0 aliphatic rings. The molecule has 0 aliphatic heterocycles. The van der Waals surface area contributed by atoms with Crippen LogP contribution in [0, 0.1) is 0 Å². The summed E-state index contributed by atoms with van der Waals surface area (Å²) in [5.41, 5.74) is 0. The van der Waals surface area contributed by atoms with Crippen molar-refractivity contribution >= 4 is 81.5 Å². The predicted molar refractivity (Wildman–Crippen MR) is 82.7 cm³/mol. The van der Waals surface area contributed by atoms with E-state index in [1.54, 1.807) is 0 Å². The summed E-state index contributed by atoms with van der Waals surface area (Å²) in [6.07, 6.45) is 5.69. The molecule has 0 rings (SSSR count). The van der Waals surface area contributed by atoms with Gasteiger partial charge in [-0.3, -0.25) is 14.1 Å². The molecule has 0 aromatic carbocycles. The molecule has 0 atom stereocenters. The van der Waals surface area contributed by atoms with Crippen molar-refractivity contribution in [2.75, 3.05) is 6.61 Å². The number of esters is 1. The Kier molecular flexibility index (Phi) is 21.0. The van der Waals surface area contributed by atoms with Crippen LogP contribution in [-0.2, 0) is 28.9 Å². The molecule has 0 bridgehead atoms. The maximum absolute atomic E-state index is 11.2. The van der Waals surface area contributed by atoms with Crippen LogP contribution >= 0.6 is 0 Å². The van der Waals surface area contributed by atoms with Crippen LogP contribution in [0.2, 0.25) is 0 Å². The van der Waals surface area contributed by atoms with Crippen LogP contribution in [0.15, 0.2) is 0 Å². The zero-order valence-electron chi connectivity index (χ0n) is 13.7. The first-order chi connectivity index (χ1) is 9.35. The van der Waals surface area contributed by atoms with Crippen molar-refractivity contribution in [1.29, 1.82) is 0 Å². The zero-order valence-corrected chi connectivity index (χ0v) is 18.5. The van der Waals surface area contributed by atoms with Crippen molar-refractivity contribution in [3.05, 3.63) is 0 Å². The molecule has 1 N–H and O–H groups in total. The fourth-order valence-electron chi connectivity index (χ4n) is 1.50. The second kappa shape index (κ2) is 16.7. The van der Waals surface area contributed by atoms with E-state index < -0.39 is 28.8 Å². The molecular weight excluding hydrogens is 334 g/mol. The van der Waals surface area contributed by atoms with Crippen LogP contribution in [0.3, 0.4) is 0 Å². The van der Waals surface area contributed by atoms with E-state index in [-0.39, 0.29) is 72.1 Å². The molecule has 0 amide bonds. The molecule has 0 heterocycles. The van der Waals surface area contributed by atoms with E-state index in [9.17, 15) is 18.0 Å². The Labute approximate surface area is 176 Å². The standard InChI is InChI=1S/C12H22O7S.2Na/c1-2-3-4-5-6-7-10-18-11(13)8-9-12(14)19-20(15,16)17;;/h2-10H2,1H3,(H,15,16,17);;. The molecule has 0 saturated heterocycles. The summed E-state index contributed by atoms with van der Waals surface area (Å²) in [7, 11) is -4.80. The first kappa shape index (κ1) is 27.7. The molecule has 0 fully saturated rings. The van der Waals surface area contributed by atoms with Gasteiger partial charge in [-0.15, -0.1) is 0 Å². The van der Waals surface area contributed by atoms with Crippen molar-refractivity contribution in [2.24, 2.45) is 0 Å². The van der Waals surface area contributed by atoms with Crippen molar-refractivity contribution in [1.82, 2.24) is 0 Å². The van der Waals surface area contributed by atoms with Gasteiger partial charge in [0.2, 0.25) is 0 Å². The van der Waals surface area contributed by atoms with Crippen LogP contribution < -0.4 is 0 Å². The van der Waals surface area contributed by atoms with Gasteiger partial charge in [0.05, 0.1) is 19.4 Å². The van der Waals surface area contributed by atoms with E-state index in [1.807, 2.05) is 0 Å². The molecule has 10 heteroatoms. The summed E-state index contributed by atoms with van der Waals surface area (Å²) in [6, 6.07) is 0. The summed E-state index contributed by atoms with van der Waals surface area (Å²) >= 11 is 0. The van der Waals surface area contributed by atoms with Crippen molar-refractivity contribution < 1.29 is 31.5 Å². The Morgan fingerprint density at radius 2 is 1.41 bits per heavy atom. The number of carbonyl (C=O) groups excluding carboxylic acids is 2. The molecule has 0 unspecified atom stereocenters. The minimum absolute atomic E-state index is 0. The fraction of sp³-hybridized carbons (Fsp3) is 0.833. The van der Waals surface area contributed by atoms with Gasteiger partial charge in [-0.05, 0) is 6.42 Å². The molecule has 2 radical (unpaired) electrons. The van der Waals surface area contributed by atoms with Gasteiger partial charge in [-0.1, -0.05) is 39.0 Å². The van der Waals surface area contributed by atoms with Crippen LogP contribution in [0.1, 0.15) is 58.3 Å². The Balaban J connectivity index is -0.00000180. The Hall–Kier alpha value is 0.850. The van der Waals surface area contributed by atoms with Gasteiger partial charge < -0.3 is 8.92 Å². The van der Waals surface area contributed by atoms with E-state index in [2.05, 4.69) is 11.1 Å². The van der Waals surface area contributed by atoms with E-state index in [0.29, 0.717) is 0 Å². The molecule has 0 aromatic rings. The molecule has 0 aliphatic carbocycles. The average molecular weight is 356 g/mol. The third-order valence-electron chi connectivity index (χ3n) is 2.49. The van der Waals surface area contributed by atoms with Crippen molar-refractivity contribution in [3.63, 3.8) is 0 Å². The second-order valence-electron chi connectivity index (χ2n) is 4.37. The maximum atomic E-state index is 11.2. The van der Waals surface area contributed by atoms with Gasteiger partial charge in [0.1, 0.15) is 0 Å². The third kappa shape index (κ3) is 20.9. The molecule has 120 valence electrons. The van der Waals surface area contributed by atoms with Crippen LogP contribution in [0.5, 0.6) is 0 Å². The number of carbonyl (C=O) groups is 2. The van der Waals surface area contributed by atoms with Gasteiger partial charge >= 0.3 is 22.3 Å². The minimum Gasteiger partial charge on any atom is -0.466 e. The summed E-state index contributed by atoms with van der Waals surface area (Å²) in [5.74, 6) is -1.78. The van der Waals surface area contributed by atoms with Gasteiger partial charge in [0.25, 0.3) is 0 Å². The number of hydrogen-bond donors (Lipinski definition) is 1. The fourth-order valence-corrected chi connectivity index (χ4v) is 1.82. The molecular formula is C12H22Na2O7S. The van der Waals surface area contributed by atoms with Crippen molar-refractivity contribution in [2.45, 2.75) is 58.3 Å². The summed E-state index contributed by atoms with van der Waals surface area (Å²) in [4.78, 5) is 22.1. The predicted octanol–water partition coefficient (Wildman–Crippen LogP) is 1.25. The number of hydrogen-bond acceptors (Lipinski definition) is 6. The number of ether oxygens (including phenoxy) is 1. The maximum Gasteiger partial charge on any atom is 0.448 e. The topological polar surface area (TPSA) is 107 Å². The van der Waals surface area contributed by atoms with Crippen molar-refractivity contribution in [3.8, 4) is 0 Å². The second-order valence-corrected chi connectivity index (χ2v) is 5.39. The van der Waals surface area contributed by atoms with E-state index in [4.69, 9.17) is 9.29 Å². The molecule has 0 saturated carbocycles. The molecule has 0 spiro atoms. The van der Waals surface area contributed by atoms with Crippen LogP contribution in [0.4, 0.5) is 0 Å².